The van der Waals surface area contributed by atoms with Gasteiger partial charge in [-0.2, -0.15) is 0 Å². The Hall–Kier alpha value is -3.20. The highest BCUT2D eigenvalue weighted by molar-refractivity contribution is 7.92. The maximum absolute atomic E-state index is 13.2. The number of esters is 1. The van der Waals surface area contributed by atoms with Crippen LogP contribution in [0.5, 0.6) is 0 Å². The van der Waals surface area contributed by atoms with Crippen LogP contribution in [0, 0.1) is 5.82 Å². The highest BCUT2D eigenvalue weighted by atomic mass is 32.2. The summed E-state index contributed by atoms with van der Waals surface area (Å²) in [6.07, 6.45) is 3.39. The average Bonchev–Trinajstić information content (AvgIpc) is 3.22. The standard InChI is InChI=1S/C20H18FN3O4S/c1-28-20(25)19-12-22-13-23(19)17-10-11-24(18-5-3-2-4-16(17)18)29(26,27)15-8-6-14(21)7-9-15/h2-9,12-13,17H,10-11H2,1H3. The lowest BCUT2D eigenvalue weighted by Gasteiger charge is -2.35. The zero-order chi connectivity index (χ0) is 20.6. The van der Waals surface area contributed by atoms with Crippen molar-refractivity contribution in [1.82, 2.24) is 9.55 Å². The molecule has 29 heavy (non-hydrogen) atoms. The number of sulfonamides is 1. The van der Waals surface area contributed by atoms with E-state index in [4.69, 9.17) is 4.74 Å². The molecule has 0 saturated heterocycles. The summed E-state index contributed by atoms with van der Waals surface area (Å²) in [4.78, 5) is 16.1. The number of fused-ring (bicyclic) bond motifs is 1. The summed E-state index contributed by atoms with van der Waals surface area (Å²) in [5.41, 5.74) is 1.55. The van der Waals surface area contributed by atoms with E-state index < -0.39 is 21.8 Å². The number of hydrogen-bond donors (Lipinski definition) is 0. The van der Waals surface area contributed by atoms with Crippen LogP contribution in [0.15, 0.2) is 66.0 Å². The van der Waals surface area contributed by atoms with Gasteiger partial charge in [0.2, 0.25) is 0 Å². The van der Waals surface area contributed by atoms with Crippen LogP contribution in [0.4, 0.5) is 10.1 Å². The Labute approximate surface area is 167 Å². The minimum Gasteiger partial charge on any atom is -0.464 e. The summed E-state index contributed by atoms with van der Waals surface area (Å²) < 4.78 is 47.5. The van der Waals surface area contributed by atoms with Gasteiger partial charge < -0.3 is 9.30 Å². The summed E-state index contributed by atoms with van der Waals surface area (Å²) in [7, 11) is -2.57. The number of carbonyl (C=O) groups excluding carboxylic acids is 1. The first-order valence-electron chi connectivity index (χ1n) is 8.91. The monoisotopic (exact) mass is 415 g/mol. The minimum absolute atomic E-state index is 0.0185. The molecule has 0 fully saturated rings. The molecule has 0 bridgehead atoms. The zero-order valence-corrected chi connectivity index (χ0v) is 16.3. The van der Waals surface area contributed by atoms with Gasteiger partial charge in [-0.15, -0.1) is 0 Å². The number of nitrogens with zero attached hydrogens (tertiary/aromatic N) is 3. The normalized spacial score (nSPS) is 16.3. The molecule has 0 aliphatic carbocycles. The molecular weight excluding hydrogens is 397 g/mol. The van der Waals surface area contributed by atoms with Crippen LogP contribution >= 0.6 is 0 Å². The Morgan fingerprint density at radius 2 is 1.90 bits per heavy atom. The van der Waals surface area contributed by atoms with Crippen molar-refractivity contribution in [2.45, 2.75) is 17.4 Å². The van der Waals surface area contributed by atoms with Gasteiger partial charge in [0.15, 0.2) is 0 Å². The molecule has 2 aromatic carbocycles. The summed E-state index contributed by atoms with van der Waals surface area (Å²) in [6, 6.07) is 11.6. The number of benzene rings is 2. The van der Waals surface area contributed by atoms with E-state index in [0.29, 0.717) is 17.8 Å². The van der Waals surface area contributed by atoms with Gasteiger partial charge >= 0.3 is 5.97 Å². The van der Waals surface area contributed by atoms with Crippen molar-refractivity contribution in [3.63, 3.8) is 0 Å². The van der Waals surface area contributed by atoms with Crippen molar-refractivity contribution >= 4 is 21.7 Å². The Morgan fingerprint density at radius 3 is 2.62 bits per heavy atom. The van der Waals surface area contributed by atoms with Gasteiger partial charge in [-0.25, -0.2) is 22.6 Å². The van der Waals surface area contributed by atoms with Crippen molar-refractivity contribution in [2.75, 3.05) is 18.0 Å². The lowest BCUT2D eigenvalue weighted by atomic mass is 9.97. The van der Waals surface area contributed by atoms with Crippen LogP contribution < -0.4 is 4.31 Å². The molecule has 150 valence electrons. The molecule has 0 N–H and O–H groups in total. The summed E-state index contributed by atoms with van der Waals surface area (Å²) in [6.45, 7) is 0.195. The molecule has 4 rings (SSSR count). The van der Waals surface area contributed by atoms with Crippen molar-refractivity contribution in [2.24, 2.45) is 0 Å². The van der Waals surface area contributed by atoms with Crippen LogP contribution in [-0.2, 0) is 14.8 Å². The van der Waals surface area contributed by atoms with Gasteiger partial charge in [-0.3, -0.25) is 4.31 Å². The second-order valence-electron chi connectivity index (χ2n) is 6.57. The maximum Gasteiger partial charge on any atom is 0.356 e. The first kappa shape index (κ1) is 19.1. The Balaban J connectivity index is 1.78. The third kappa shape index (κ3) is 3.27. The van der Waals surface area contributed by atoms with E-state index in [1.165, 1.54) is 36.1 Å². The summed E-state index contributed by atoms with van der Waals surface area (Å²) in [5.74, 6) is -1.01. The largest absolute Gasteiger partial charge is 0.464 e. The van der Waals surface area contributed by atoms with Gasteiger partial charge in [0.25, 0.3) is 10.0 Å². The number of imidazole rings is 1. The molecule has 2 heterocycles. The van der Waals surface area contributed by atoms with Crippen LogP contribution in [-0.4, -0.2) is 37.6 Å². The van der Waals surface area contributed by atoms with Gasteiger partial charge in [0.05, 0.1) is 36.3 Å². The molecule has 1 unspecified atom stereocenters. The van der Waals surface area contributed by atoms with E-state index >= 15 is 0 Å². The lowest BCUT2D eigenvalue weighted by molar-refractivity contribution is 0.0586. The number of para-hydroxylation sites is 1. The molecule has 1 aliphatic heterocycles. The second-order valence-corrected chi connectivity index (χ2v) is 8.43. The predicted octanol–water partition coefficient (Wildman–Crippen LogP) is 3.00. The van der Waals surface area contributed by atoms with E-state index in [9.17, 15) is 17.6 Å². The van der Waals surface area contributed by atoms with Crippen LogP contribution in [0.2, 0.25) is 0 Å². The van der Waals surface area contributed by atoms with Crippen molar-refractivity contribution < 1.29 is 22.3 Å². The quantitative estimate of drug-likeness (QED) is 0.612. The first-order valence-corrected chi connectivity index (χ1v) is 10.3. The third-order valence-electron chi connectivity index (χ3n) is 4.97. The summed E-state index contributed by atoms with van der Waals surface area (Å²) in [5, 5.41) is 0. The first-order chi connectivity index (χ1) is 13.9. The molecule has 1 atom stereocenters. The molecule has 9 heteroatoms. The molecule has 0 saturated carbocycles. The zero-order valence-electron chi connectivity index (χ0n) is 15.5. The van der Waals surface area contributed by atoms with E-state index in [-0.39, 0.29) is 17.5 Å². The number of rotatable bonds is 4. The fourth-order valence-electron chi connectivity index (χ4n) is 3.60. The van der Waals surface area contributed by atoms with Crippen LogP contribution in [0.25, 0.3) is 0 Å². The van der Waals surface area contributed by atoms with Crippen LogP contribution in [0.1, 0.15) is 28.5 Å². The van der Waals surface area contributed by atoms with E-state index in [0.717, 1.165) is 17.7 Å². The molecular formula is C20H18FN3O4S. The number of anilines is 1. The smallest absolute Gasteiger partial charge is 0.356 e. The van der Waals surface area contributed by atoms with E-state index in [2.05, 4.69) is 4.98 Å². The highest BCUT2D eigenvalue weighted by Gasteiger charge is 2.34. The number of halogens is 1. The molecule has 1 aliphatic rings. The molecule has 7 nitrogen and oxygen atoms in total. The molecule has 0 amide bonds. The van der Waals surface area contributed by atoms with E-state index in [1.54, 1.807) is 16.7 Å². The van der Waals surface area contributed by atoms with Crippen LogP contribution in [0.3, 0.4) is 0 Å². The maximum atomic E-state index is 13.2. The van der Waals surface area contributed by atoms with Gasteiger partial charge in [0.1, 0.15) is 11.5 Å². The Morgan fingerprint density at radius 1 is 1.17 bits per heavy atom. The van der Waals surface area contributed by atoms with Gasteiger partial charge in [0, 0.05) is 6.54 Å². The molecule has 0 radical (unpaired) electrons. The van der Waals surface area contributed by atoms with Crippen molar-refractivity contribution in [3.05, 3.63) is 78.1 Å². The molecule has 0 spiro atoms. The lowest BCUT2D eigenvalue weighted by Crippen LogP contribution is -2.38. The van der Waals surface area contributed by atoms with Crippen molar-refractivity contribution in [3.8, 4) is 0 Å². The van der Waals surface area contributed by atoms with Gasteiger partial charge in [-0.05, 0) is 42.3 Å². The minimum atomic E-state index is -3.87. The number of methoxy groups -OCH3 is 1. The summed E-state index contributed by atoms with van der Waals surface area (Å²) >= 11 is 0. The topological polar surface area (TPSA) is 81.5 Å². The molecule has 3 aromatic rings. The Bertz CT molecular complexity index is 1160. The highest BCUT2D eigenvalue weighted by Crippen LogP contribution is 2.39. The fraction of sp³-hybridized carbons (Fsp3) is 0.200. The fourth-order valence-corrected chi connectivity index (χ4v) is 5.11. The molecule has 1 aromatic heterocycles. The SMILES string of the molecule is COC(=O)c1cncn1C1CCN(S(=O)(=O)c2ccc(F)cc2)c2ccccc21. The van der Waals surface area contributed by atoms with Gasteiger partial charge in [-0.1, -0.05) is 18.2 Å². The average molecular weight is 415 g/mol. The number of aromatic nitrogens is 2. The third-order valence-corrected chi connectivity index (χ3v) is 6.80. The second kappa shape index (κ2) is 7.32. The van der Waals surface area contributed by atoms with Crippen molar-refractivity contribution in [1.29, 1.82) is 0 Å². The number of carbonyl (C=O) groups is 1. The number of hydrogen-bond acceptors (Lipinski definition) is 5. The number of ether oxygens (including phenoxy) is 1. The van der Waals surface area contributed by atoms with E-state index in [1.807, 2.05) is 12.1 Å². The predicted molar refractivity (Wildman–Crippen MR) is 104 cm³/mol. The Kier molecular flexibility index (Phi) is 4.83.